The van der Waals surface area contributed by atoms with Crippen molar-refractivity contribution in [3.63, 3.8) is 0 Å². The van der Waals surface area contributed by atoms with Gasteiger partial charge in [0.25, 0.3) is 0 Å². The van der Waals surface area contributed by atoms with Crippen molar-refractivity contribution in [3.05, 3.63) is 99.3 Å². The van der Waals surface area contributed by atoms with Crippen molar-refractivity contribution in [1.82, 2.24) is 14.9 Å². The standard InChI is InChI=1S/C29H30Cl2FN3O4S/c1-19(29(37)33-17-22-7-8-23(30)16-27(22)31)35(18-21-2-9-24(32)10-3-21)28(36)15-6-20-4-13-26(14-5-20)40(38,39)34-25-11-12-25/h2-5,7-10,13-14,16,19,25,34H,6,11-12,15,17-18H2,1H3,(H,33,37)/t19-/m1/s1. The molecule has 0 aromatic heterocycles. The van der Waals surface area contributed by atoms with E-state index >= 15 is 0 Å². The number of halogens is 3. The van der Waals surface area contributed by atoms with Gasteiger partial charge >= 0.3 is 0 Å². The van der Waals surface area contributed by atoms with Crippen LogP contribution in [-0.4, -0.2) is 37.2 Å². The van der Waals surface area contributed by atoms with Crippen molar-refractivity contribution in [1.29, 1.82) is 0 Å². The molecule has 7 nitrogen and oxygen atoms in total. The Labute approximate surface area is 243 Å². The van der Waals surface area contributed by atoms with Gasteiger partial charge in [-0.1, -0.05) is 53.5 Å². The quantitative estimate of drug-likeness (QED) is 0.295. The number of carbonyl (C=O) groups is 2. The number of hydrogen-bond acceptors (Lipinski definition) is 4. The topological polar surface area (TPSA) is 95.6 Å². The van der Waals surface area contributed by atoms with E-state index in [1.807, 2.05) is 0 Å². The number of amides is 2. The minimum atomic E-state index is -3.56. The number of rotatable bonds is 12. The largest absolute Gasteiger partial charge is 0.350 e. The Morgan fingerprint density at radius 3 is 2.27 bits per heavy atom. The van der Waals surface area contributed by atoms with E-state index in [2.05, 4.69) is 10.0 Å². The molecule has 0 unspecified atom stereocenters. The van der Waals surface area contributed by atoms with Crippen LogP contribution >= 0.6 is 23.2 Å². The van der Waals surface area contributed by atoms with Gasteiger partial charge in [0.2, 0.25) is 21.8 Å². The summed E-state index contributed by atoms with van der Waals surface area (Å²) < 4.78 is 40.9. The van der Waals surface area contributed by atoms with Crippen molar-refractivity contribution in [2.45, 2.75) is 62.7 Å². The molecule has 1 saturated carbocycles. The lowest BCUT2D eigenvalue weighted by atomic mass is 10.1. The first-order chi connectivity index (χ1) is 19.0. The van der Waals surface area contributed by atoms with Crippen molar-refractivity contribution in [2.24, 2.45) is 0 Å². The van der Waals surface area contributed by atoms with E-state index in [0.717, 1.165) is 18.4 Å². The summed E-state index contributed by atoms with van der Waals surface area (Å²) in [5.41, 5.74) is 2.14. The molecule has 1 aliphatic rings. The molecule has 1 aliphatic carbocycles. The molecule has 3 aromatic rings. The number of sulfonamides is 1. The van der Waals surface area contributed by atoms with Crippen molar-refractivity contribution in [2.75, 3.05) is 0 Å². The molecule has 2 amide bonds. The molecule has 0 saturated heterocycles. The van der Waals surface area contributed by atoms with Gasteiger partial charge in [0.05, 0.1) is 4.90 Å². The smallest absolute Gasteiger partial charge is 0.242 e. The summed E-state index contributed by atoms with van der Waals surface area (Å²) in [6, 6.07) is 16.3. The Kier molecular flexibility index (Phi) is 9.84. The molecule has 3 aromatic carbocycles. The highest BCUT2D eigenvalue weighted by molar-refractivity contribution is 7.89. The predicted molar refractivity (Wildman–Crippen MR) is 153 cm³/mol. The zero-order chi connectivity index (χ0) is 28.9. The molecule has 0 aliphatic heterocycles. The molecule has 0 heterocycles. The van der Waals surface area contributed by atoms with Crippen molar-refractivity contribution >= 4 is 45.0 Å². The molecule has 1 fully saturated rings. The highest BCUT2D eigenvalue weighted by Crippen LogP contribution is 2.23. The lowest BCUT2D eigenvalue weighted by Crippen LogP contribution is -2.47. The van der Waals surface area contributed by atoms with Gasteiger partial charge in [-0.25, -0.2) is 17.5 Å². The molecule has 11 heteroatoms. The van der Waals surface area contributed by atoms with E-state index in [1.165, 1.54) is 29.2 Å². The SMILES string of the molecule is C[C@H](C(=O)NCc1ccc(Cl)cc1Cl)N(Cc1ccc(F)cc1)C(=O)CCc1ccc(S(=O)(=O)NC2CC2)cc1. The Bertz CT molecular complexity index is 1460. The number of benzene rings is 3. The Morgan fingerprint density at radius 2 is 1.65 bits per heavy atom. The lowest BCUT2D eigenvalue weighted by Gasteiger charge is -2.29. The maximum Gasteiger partial charge on any atom is 0.242 e. The summed E-state index contributed by atoms with van der Waals surface area (Å²) in [6.45, 7) is 1.90. The van der Waals surface area contributed by atoms with E-state index in [1.54, 1.807) is 49.4 Å². The molecule has 4 rings (SSSR count). The zero-order valence-corrected chi connectivity index (χ0v) is 24.2. The van der Waals surface area contributed by atoms with Gasteiger partial charge < -0.3 is 10.2 Å². The third-order valence-electron chi connectivity index (χ3n) is 6.66. The minimum Gasteiger partial charge on any atom is -0.350 e. The predicted octanol–water partition coefficient (Wildman–Crippen LogP) is 5.24. The normalized spacial score (nSPS) is 14.0. The van der Waals surface area contributed by atoms with Crippen LogP contribution in [-0.2, 0) is 39.1 Å². The summed E-state index contributed by atoms with van der Waals surface area (Å²) in [4.78, 5) is 28.1. The van der Waals surface area contributed by atoms with Gasteiger partial charge in [-0.3, -0.25) is 9.59 Å². The monoisotopic (exact) mass is 605 g/mol. The second-order valence-electron chi connectivity index (χ2n) is 9.82. The molecule has 0 spiro atoms. The summed E-state index contributed by atoms with van der Waals surface area (Å²) in [7, 11) is -3.56. The van der Waals surface area contributed by atoms with E-state index in [9.17, 15) is 22.4 Å². The highest BCUT2D eigenvalue weighted by Gasteiger charge is 2.28. The van der Waals surface area contributed by atoms with E-state index < -0.39 is 21.9 Å². The first kappa shape index (κ1) is 30.0. The lowest BCUT2D eigenvalue weighted by molar-refractivity contribution is -0.140. The maximum absolute atomic E-state index is 13.5. The van der Waals surface area contributed by atoms with Gasteiger partial charge in [0, 0.05) is 35.6 Å². The molecule has 1 atom stereocenters. The molecule has 2 N–H and O–H groups in total. The minimum absolute atomic E-state index is 0.0109. The average molecular weight is 607 g/mol. The first-order valence-electron chi connectivity index (χ1n) is 12.9. The number of hydrogen-bond donors (Lipinski definition) is 2. The van der Waals surface area contributed by atoms with Crippen LogP contribution in [0.15, 0.2) is 71.6 Å². The molecular formula is C29H30Cl2FN3O4S. The fraction of sp³-hybridized carbons (Fsp3) is 0.310. The van der Waals surface area contributed by atoms with E-state index in [0.29, 0.717) is 27.6 Å². The summed E-state index contributed by atoms with van der Waals surface area (Å²) in [5.74, 6) is -1.05. The van der Waals surface area contributed by atoms with E-state index in [-0.39, 0.29) is 42.3 Å². The third kappa shape index (κ3) is 8.27. The molecule has 0 radical (unpaired) electrons. The second-order valence-corrected chi connectivity index (χ2v) is 12.4. The van der Waals surface area contributed by atoms with Gasteiger partial charge in [0.15, 0.2) is 0 Å². The van der Waals surface area contributed by atoms with Gasteiger partial charge in [-0.2, -0.15) is 0 Å². The summed E-state index contributed by atoms with van der Waals surface area (Å²) in [5, 5.41) is 3.72. The number of nitrogens with zero attached hydrogens (tertiary/aromatic N) is 1. The third-order valence-corrected chi connectivity index (χ3v) is 8.79. The van der Waals surface area contributed by atoms with Gasteiger partial charge in [-0.05, 0) is 79.3 Å². The fourth-order valence-electron chi connectivity index (χ4n) is 4.08. The van der Waals surface area contributed by atoms with Crippen LogP contribution in [0.2, 0.25) is 10.0 Å². The average Bonchev–Trinajstić information content (AvgIpc) is 3.74. The van der Waals surface area contributed by atoms with Crippen LogP contribution in [0.3, 0.4) is 0 Å². The second kappa shape index (κ2) is 13.1. The highest BCUT2D eigenvalue weighted by atomic mass is 35.5. The van der Waals surface area contributed by atoms with Crippen LogP contribution < -0.4 is 10.0 Å². The zero-order valence-electron chi connectivity index (χ0n) is 21.9. The van der Waals surface area contributed by atoms with Crippen LogP contribution in [0.1, 0.15) is 42.9 Å². The van der Waals surface area contributed by atoms with Gasteiger partial charge in [-0.15, -0.1) is 0 Å². The van der Waals surface area contributed by atoms with Gasteiger partial charge in [0.1, 0.15) is 11.9 Å². The van der Waals surface area contributed by atoms with Crippen LogP contribution in [0.5, 0.6) is 0 Å². The molecule has 0 bridgehead atoms. The van der Waals surface area contributed by atoms with Crippen molar-refractivity contribution in [3.8, 4) is 0 Å². The Hall–Kier alpha value is -2.98. The Morgan fingerprint density at radius 1 is 1.00 bits per heavy atom. The molecule has 212 valence electrons. The van der Waals surface area contributed by atoms with Crippen LogP contribution in [0.25, 0.3) is 0 Å². The Balaban J connectivity index is 1.42. The summed E-state index contributed by atoms with van der Waals surface area (Å²) >= 11 is 12.2. The number of aryl methyl sites for hydroxylation is 1. The summed E-state index contributed by atoms with van der Waals surface area (Å²) in [6.07, 6.45) is 2.14. The van der Waals surface area contributed by atoms with Crippen LogP contribution in [0.4, 0.5) is 4.39 Å². The number of carbonyl (C=O) groups excluding carboxylic acids is 2. The first-order valence-corrected chi connectivity index (χ1v) is 15.1. The maximum atomic E-state index is 13.5. The van der Waals surface area contributed by atoms with E-state index in [4.69, 9.17) is 23.2 Å². The molecular weight excluding hydrogens is 576 g/mol. The molecule has 40 heavy (non-hydrogen) atoms. The fourth-order valence-corrected chi connectivity index (χ4v) is 5.86. The van der Waals surface area contributed by atoms with Crippen LogP contribution in [0, 0.1) is 5.82 Å². The van der Waals surface area contributed by atoms with Crippen molar-refractivity contribution < 1.29 is 22.4 Å². The number of nitrogens with one attached hydrogen (secondary N) is 2.